The molecule has 2 N–H and O–H groups in total. The summed E-state index contributed by atoms with van der Waals surface area (Å²) in [5.41, 5.74) is -1.90. The third-order valence-corrected chi connectivity index (χ3v) is 6.31. The fourth-order valence-electron chi connectivity index (χ4n) is 4.38. The normalized spacial score (nSPS) is 47.8. The zero-order chi connectivity index (χ0) is 14.5. The van der Waals surface area contributed by atoms with Crippen LogP contribution in [0.25, 0.3) is 0 Å². The van der Waals surface area contributed by atoms with Crippen molar-refractivity contribution in [2.75, 3.05) is 7.11 Å². The van der Waals surface area contributed by atoms with E-state index in [2.05, 4.69) is 6.92 Å². The molecule has 3 nitrogen and oxygen atoms in total. The van der Waals surface area contributed by atoms with E-state index in [1.165, 1.54) is 0 Å². The smallest absolute Gasteiger partial charge is 0.0934 e. The summed E-state index contributed by atoms with van der Waals surface area (Å²) in [5, 5.41) is 21.8. The van der Waals surface area contributed by atoms with Crippen molar-refractivity contribution in [3.8, 4) is 0 Å². The molecule has 112 valence electrons. The van der Waals surface area contributed by atoms with E-state index in [-0.39, 0.29) is 11.3 Å². The Morgan fingerprint density at radius 3 is 2.26 bits per heavy atom. The molecule has 0 aromatic heterocycles. The second kappa shape index (κ2) is 4.44. The van der Waals surface area contributed by atoms with Gasteiger partial charge in [-0.25, -0.2) is 0 Å². The summed E-state index contributed by atoms with van der Waals surface area (Å²) in [7, 11) is 1.66. The predicted molar refractivity (Wildman–Crippen MR) is 76.0 cm³/mol. The molecule has 0 aliphatic heterocycles. The molecule has 0 bridgehead atoms. The number of hydrogen-bond acceptors (Lipinski definition) is 3. The first-order valence-corrected chi connectivity index (χ1v) is 7.56. The van der Waals surface area contributed by atoms with Crippen LogP contribution in [0.1, 0.15) is 66.2 Å². The summed E-state index contributed by atoms with van der Waals surface area (Å²) < 4.78 is 5.53. The molecule has 0 aromatic carbocycles. The zero-order valence-corrected chi connectivity index (χ0v) is 13.1. The minimum absolute atomic E-state index is 0.155. The third kappa shape index (κ3) is 2.34. The Hall–Kier alpha value is -0.120. The highest BCUT2D eigenvalue weighted by atomic mass is 16.5. The number of methoxy groups -OCH3 is 1. The summed E-state index contributed by atoms with van der Waals surface area (Å²) in [6.07, 6.45) is 5.46. The van der Waals surface area contributed by atoms with Gasteiger partial charge in [-0.1, -0.05) is 13.3 Å². The molecule has 19 heavy (non-hydrogen) atoms. The van der Waals surface area contributed by atoms with Crippen LogP contribution < -0.4 is 0 Å². The molecule has 2 aliphatic carbocycles. The first-order valence-electron chi connectivity index (χ1n) is 7.56. The molecule has 2 rings (SSSR count). The SMILES string of the molecule is COC(C)(C)C1(O)CCC2(C)CCCC(C)(O)C2C1. The maximum atomic E-state index is 11.0. The molecule has 0 radical (unpaired) electrons. The van der Waals surface area contributed by atoms with Gasteiger partial charge in [0.2, 0.25) is 0 Å². The molecule has 0 heterocycles. The van der Waals surface area contributed by atoms with Crippen LogP contribution in [-0.2, 0) is 4.74 Å². The van der Waals surface area contributed by atoms with E-state index in [1.807, 2.05) is 20.8 Å². The summed E-state index contributed by atoms with van der Waals surface area (Å²) in [6.45, 7) is 8.13. The van der Waals surface area contributed by atoms with E-state index in [0.717, 1.165) is 32.1 Å². The predicted octanol–water partition coefficient (Wildman–Crippen LogP) is 2.88. The number of aliphatic hydroxyl groups is 2. The van der Waals surface area contributed by atoms with Crippen molar-refractivity contribution in [3.05, 3.63) is 0 Å². The Morgan fingerprint density at radius 2 is 1.68 bits per heavy atom. The van der Waals surface area contributed by atoms with Gasteiger partial charge < -0.3 is 14.9 Å². The van der Waals surface area contributed by atoms with Gasteiger partial charge in [0.1, 0.15) is 0 Å². The van der Waals surface area contributed by atoms with E-state index in [0.29, 0.717) is 6.42 Å². The fraction of sp³-hybridized carbons (Fsp3) is 1.00. The van der Waals surface area contributed by atoms with Crippen LogP contribution in [0, 0.1) is 11.3 Å². The molecule has 2 saturated carbocycles. The summed E-state index contributed by atoms with van der Waals surface area (Å²) >= 11 is 0. The molecule has 0 aromatic rings. The lowest BCUT2D eigenvalue weighted by Crippen LogP contribution is -2.61. The Morgan fingerprint density at radius 1 is 1.05 bits per heavy atom. The first-order chi connectivity index (χ1) is 8.56. The Balaban J connectivity index is 2.30. The minimum atomic E-state index is -0.840. The van der Waals surface area contributed by atoms with Gasteiger partial charge in [-0.2, -0.15) is 0 Å². The van der Waals surface area contributed by atoms with Crippen molar-refractivity contribution in [2.45, 2.75) is 83.0 Å². The minimum Gasteiger partial charge on any atom is -0.390 e. The average molecular weight is 270 g/mol. The molecule has 0 amide bonds. The van der Waals surface area contributed by atoms with Crippen molar-refractivity contribution >= 4 is 0 Å². The van der Waals surface area contributed by atoms with Crippen molar-refractivity contribution in [3.63, 3.8) is 0 Å². The summed E-state index contributed by atoms with van der Waals surface area (Å²) in [6, 6.07) is 0. The average Bonchev–Trinajstić information content (AvgIpc) is 2.31. The van der Waals surface area contributed by atoms with E-state index >= 15 is 0 Å². The van der Waals surface area contributed by atoms with Crippen molar-refractivity contribution in [2.24, 2.45) is 11.3 Å². The first kappa shape index (κ1) is 15.3. The maximum absolute atomic E-state index is 11.0. The highest BCUT2D eigenvalue weighted by molar-refractivity contribution is 5.09. The molecule has 0 spiro atoms. The van der Waals surface area contributed by atoms with Crippen molar-refractivity contribution in [1.29, 1.82) is 0 Å². The van der Waals surface area contributed by atoms with Crippen LogP contribution >= 0.6 is 0 Å². The second-order valence-electron chi connectivity index (χ2n) is 7.87. The molecule has 2 fully saturated rings. The van der Waals surface area contributed by atoms with Crippen LogP contribution in [0.3, 0.4) is 0 Å². The molecule has 4 unspecified atom stereocenters. The van der Waals surface area contributed by atoms with Crippen LogP contribution in [0.5, 0.6) is 0 Å². The van der Waals surface area contributed by atoms with E-state index < -0.39 is 16.8 Å². The maximum Gasteiger partial charge on any atom is 0.0934 e. The lowest BCUT2D eigenvalue weighted by molar-refractivity contribution is -0.221. The van der Waals surface area contributed by atoms with Gasteiger partial charge in [0.15, 0.2) is 0 Å². The number of ether oxygens (including phenoxy) is 1. The fourth-order valence-corrected chi connectivity index (χ4v) is 4.38. The van der Waals surface area contributed by atoms with Gasteiger partial charge in [0.05, 0.1) is 16.8 Å². The standard InChI is InChI=1S/C16H30O3/c1-13(2,19-5)16(18)10-9-14(3)7-6-8-15(4,17)12(14)11-16/h12,17-18H,6-11H2,1-5H3. The van der Waals surface area contributed by atoms with Gasteiger partial charge in [-0.05, 0) is 64.2 Å². The van der Waals surface area contributed by atoms with E-state index in [9.17, 15) is 10.2 Å². The monoisotopic (exact) mass is 270 g/mol. The highest BCUT2D eigenvalue weighted by Gasteiger charge is 2.58. The molecular formula is C16H30O3. The van der Waals surface area contributed by atoms with Gasteiger partial charge in [0, 0.05) is 7.11 Å². The Kier molecular flexibility index (Phi) is 3.57. The largest absolute Gasteiger partial charge is 0.390 e. The quantitative estimate of drug-likeness (QED) is 0.811. The topological polar surface area (TPSA) is 49.7 Å². The molecule has 0 saturated heterocycles. The number of fused-ring (bicyclic) bond motifs is 1. The second-order valence-corrected chi connectivity index (χ2v) is 7.87. The van der Waals surface area contributed by atoms with Crippen molar-refractivity contribution < 1.29 is 14.9 Å². The van der Waals surface area contributed by atoms with Crippen molar-refractivity contribution in [1.82, 2.24) is 0 Å². The van der Waals surface area contributed by atoms with Crippen LogP contribution in [0.15, 0.2) is 0 Å². The van der Waals surface area contributed by atoms with Crippen LogP contribution in [-0.4, -0.2) is 34.1 Å². The molecule has 3 heteroatoms. The summed E-state index contributed by atoms with van der Waals surface area (Å²) in [5.74, 6) is 0.155. The lowest BCUT2D eigenvalue weighted by Gasteiger charge is -2.58. The van der Waals surface area contributed by atoms with Gasteiger partial charge in [-0.15, -0.1) is 0 Å². The lowest BCUT2D eigenvalue weighted by atomic mass is 9.51. The molecule has 4 atom stereocenters. The van der Waals surface area contributed by atoms with E-state index in [4.69, 9.17) is 4.74 Å². The van der Waals surface area contributed by atoms with Gasteiger partial charge in [-0.3, -0.25) is 0 Å². The van der Waals surface area contributed by atoms with E-state index in [1.54, 1.807) is 7.11 Å². The Bertz CT molecular complexity index is 350. The molecule has 2 aliphatic rings. The summed E-state index contributed by atoms with van der Waals surface area (Å²) in [4.78, 5) is 0. The van der Waals surface area contributed by atoms with Crippen LogP contribution in [0.2, 0.25) is 0 Å². The Labute approximate surface area is 117 Å². The molecular weight excluding hydrogens is 240 g/mol. The van der Waals surface area contributed by atoms with Gasteiger partial charge in [0.25, 0.3) is 0 Å². The number of hydrogen-bond donors (Lipinski definition) is 2. The third-order valence-electron chi connectivity index (χ3n) is 6.31. The zero-order valence-electron chi connectivity index (χ0n) is 13.1. The highest BCUT2D eigenvalue weighted by Crippen LogP contribution is 2.58. The van der Waals surface area contributed by atoms with Crippen LogP contribution in [0.4, 0.5) is 0 Å². The van der Waals surface area contributed by atoms with Gasteiger partial charge >= 0.3 is 0 Å². The number of rotatable bonds is 2.